The Hall–Kier alpha value is -2.05. The van der Waals surface area contributed by atoms with E-state index in [1.807, 2.05) is 0 Å². The zero-order chi connectivity index (χ0) is 21.6. The molecular formula is C17H24N4O5S3. The molecule has 9 nitrogen and oxygen atoms in total. The molecule has 2 aromatic rings. The summed E-state index contributed by atoms with van der Waals surface area (Å²) in [4.78, 5) is 12.7. The standard InChI is InChI=1S/C17H24N4O5S3/c1-6-9-27-17-20-19-16(28-17)18-15(22)11(2)21(29(5,23)24)12-7-8-13(25-3)14(10-12)26-4/h7-8,10-11H,6,9H2,1-5H3,(H,18,19,22). The smallest absolute Gasteiger partial charge is 0.249 e. The molecule has 12 heteroatoms. The second kappa shape index (κ2) is 10.1. The van der Waals surface area contributed by atoms with Crippen LogP contribution in [0.4, 0.5) is 10.8 Å². The zero-order valence-corrected chi connectivity index (χ0v) is 19.3. The highest BCUT2D eigenvalue weighted by molar-refractivity contribution is 8.01. The van der Waals surface area contributed by atoms with Crippen LogP contribution in [0.2, 0.25) is 0 Å². The van der Waals surface area contributed by atoms with Crippen molar-refractivity contribution in [2.45, 2.75) is 30.6 Å². The maximum absolute atomic E-state index is 12.7. The third kappa shape index (κ3) is 5.97. The third-order valence-corrected chi connectivity index (χ3v) is 7.20. The molecule has 1 heterocycles. The Morgan fingerprint density at radius 1 is 1.28 bits per heavy atom. The van der Waals surface area contributed by atoms with Crippen LogP contribution in [0.25, 0.3) is 0 Å². The van der Waals surface area contributed by atoms with E-state index in [2.05, 4.69) is 22.4 Å². The molecule has 0 aliphatic heterocycles. The van der Waals surface area contributed by atoms with Crippen LogP contribution in [0.1, 0.15) is 20.3 Å². The van der Waals surface area contributed by atoms with Crippen LogP contribution >= 0.6 is 23.1 Å². The van der Waals surface area contributed by atoms with E-state index < -0.39 is 22.0 Å². The van der Waals surface area contributed by atoms with Gasteiger partial charge in [0, 0.05) is 11.8 Å². The van der Waals surface area contributed by atoms with E-state index in [9.17, 15) is 13.2 Å². The Bertz CT molecular complexity index is 948. The van der Waals surface area contributed by atoms with Gasteiger partial charge >= 0.3 is 0 Å². The van der Waals surface area contributed by atoms with Gasteiger partial charge in [0.2, 0.25) is 21.1 Å². The van der Waals surface area contributed by atoms with Crippen molar-refractivity contribution in [2.75, 3.05) is 35.9 Å². The average Bonchev–Trinajstić information content (AvgIpc) is 3.12. The Kier molecular flexibility index (Phi) is 8.11. The molecule has 29 heavy (non-hydrogen) atoms. The Labute approximate surface area is 178 Å². The van der Waals surface area contributed by atoms with Crippen LogP contribution in [-0.2, 0) is 14.8 Å². The second-order valence-electron chi connectivity index (χ2n) is 5.98. The molecule has 0 spiro atoms. The van der Waals surface area contributed by atoms with Crippen LogP contribution in [0.3, 0.4) is 0 Å². The number of benzene rings is 1. The number of nitrogens with one attached hydrogen (secondary N) is 1. The van der Waals surface area contributed by atoms with E-state index >= 15 is 0 Å². The fourth-order valence-corrected chi connectivity index (χ4v) is 5.34. The number of hydrogen-bond donors (Lipinski definition) is 1. The molecule has 0 aliphatic carbocycles. The number of methoxy groups -OCH3 is 2. The van der Waals surface area contributed by atoms with E-state index in [0.717, 1.165) is 27.1 Å². The monoisotopic (exact) mass is 460 g/mol. The van der Waals surface area contributed by atoms with Gasteiger partial charge < -0.3 is 9.47 Å². The van der Waals surface area contributed by atoms with Gasteiger partial charge in [0.1, 0.15) is 6.04 Å². The fraction of sp³-hybridized carbons (Fsp3) is 0.471. The number of carbonyl (C=O) groups excluding carboxylic acids is 1. The van der Waals surface area contributed by atoms with Crippen molar-refractivity contribution < 1.29 is 22.7 Å². The van der Waals surface area contributed by atoms with Gasteiger partial charge in [-0.05, 0) is 25.5 Å². The third-order valence-electron chi connectivity index (χ3n) is 3.78. The first-order chi connectivity index (χ1) is 13.7. The van der Waals surface area contributed by atoms with E-state index in [1.54, 1.807) is 23.9 Å². The number of carbonyl (C=O) groups is 1. The maximum atomic E-state index is 12.7. The van der Waals surface area contributed by atoms with E-state index in [0.29, 0.717) is 16.6 Å². The van der Waals surface area contributed by atoms with Gasteiger partial charge in [-0.25, -0.2) is 8.42 Å². The summed E-state index contributed by atoms with van der Waals surface area (Å²) in [6.07, 6.45) is 2.04. The second-order valence-corrected chi connectivity index (χ2v) is 10.2. The van der Waals surface area contributed by atoms with Gasteiger partial charge in [0.15, 0.2) is 15.8 Å². The lowest BCUT2D eigenvalue weighted by Gasteiger charge is -2.28. The summed E-state index contributed by atoms with van der Waals surface area (Å²) in [5.41, 5.74) is 0.282. The van der Waals surface area contributed by atoms with Crippen LogP contribution in [0.15, 0.2) is 22.5 Å². The van der Waals surface area contributed by atoms with Crippen molar-refractivity contribution in [1.29, 1.82) is 0 Å². The molecule has 1 atom stereocenters. The first kappa shape index (κ1) is 23.2. The average molecular weight is 461 g/mol. The van der Waals surface area contributed by atoms with E-state index in [-0.39, 0.29) is 5.69 Å². The number of aromatic nitrogens is 2. The molecule has 0 bridgehead atoms. The number of amides is 1. The predicted octanol–water partition coefficient (Wildman–Crippen LogP) is 2.85. The summed E-state index contributed by atoms with van der Waals surface area (Å²) < 4.78 is 37.1. The number of thioether (sulfide) groups is 1. The van der Waals surface area contributed by atoms with Crippen molar-refractivity contribution in [3.05, 3.63) is 18.2 Å². The van der Waals surface area contributed by atoms with Crippen molar-refractivity contribution in [2.24, 2.45) is 0 Å². The predicted molar refractivity (Wildman–Crippen MR) is 116 cm³/mol. The fourth-order valence-electron chi connectivity index (χ4n) is 2.49. The number of hydrogen-bond acceptors (Lipinski definition) is 9. The summed E-state index contributed by atoms with van der Waals surface area (Å²) in [5.74, 6) is 1.19. The molecule has 1 N–H and O–H groups in total. The topological polar surface area (TPSA) is 111 Å². The van der Waals surface area contributed by atoms with Crippen LogP contribution in [0.5, 0.6) is 11.5 Å². The SMILES string of the molecule is CCCSc1nnc(NC(=O)C(C)N(c2ccc(OC)c(OC)c2)S(C)(=O)=O)s1. The van der Waals surface area contributed by atoms with Gasteiger partial charge in [-0.3, -0.25) is 14.4 Å². The van der Waals surface area contributed by atoms with E-state index in [1.165, 1.54) is 38.5 Å². The van der Waals surface area contributed by atoms with Gasteiger partial charge in [0.05, 0.1) is 26.2 Å². The zero-order valence-electron chi connectivity index (χ0n) is 16.8. The maximum Gasteiger partial charge on any atom is 0.249 e. The number of ether oxygens (including phenoxy) is 2. The Morgan fingerprint density at radius 3 is 2.55 bits per heavy atom. The van der Waals surface area contributed by atoms with Crippen LogP contribution in [0, 0.1) is 0 Å². The van der Waals surface area contributed by atoms with Crippen molar-refractivity contribution in [1.82, 2.24) is 10.2 Å². The number of rotatable bonds is 10. The summed E-state index contributed by atoms with van der Waals surface area (Å²) in [7, 11) is -0.833. The Morgan fingerprint density at radius 2 is 1.97 bits per heavy atom. The summed E-state index contributed by atoms with van der Waals surface area (Å²) >= 11 is 2.80. The molecule has 1 aromatic heterocycles. The quantitative estimate of drug-likeness (QED) is 0.426. The largest absolute Gasteiger partial charge is 0.493 e. The van der Waals surface area contributed by atoms with Crippen molar-refractivity contribution in [3.63, 3.8) is 0 Å². The molecule has 0 aliphatic rings. The van der Waals surface area contributed by atoms with Crippen molar-refractivity contribution in [3.8, 4) is 11.5 Å². The normalized spacial score (nSPS) is 12.3. The molecule has 2 rings (SSSR count). The highest BCUT2D eigenvalue weighted by atomic mass is 32.2. The van der Waals surface area contributed by atoms with Gasteiger partial charge in [-0.2, -0.15) is 0 Å². The minimum absolute atomic E-state index is 0.282. The molecule has 160 valence electrons. The number of anilines is 2. The minimum Gasteiger partial charge on any atom is -0.493 e. The summed E-state index contributed by atoms with van der Waals surface area (Å²) in [6.45, 7) is 3.56. The molecule has 0 fully saturated rings. The molecule has 1 aromatic carbocycles. The summed E-state index contributed by atoms with van der Waals surface area (Å²) in [6, 6.07) is 3.61. The molecule has 0 radical (unpaired) electrons. The Balaban J connectivity index is 2.26. The molecule has 0 saturated carbocycles. The molecule has 1 amide bonds. The lowest BCUT2D eigenvalue weighted by atomic mass is 10.2. The van der Waals surface area contributed by atoms with Gasteiger partial charge in [-0.15, -0.1) is 10.2 Å². The summed E-state index contributed by atoms with van der Waals surface area (Å²) in [5, 5.41) is 10.9. The van der Waals surface area contributed by atoms with Gasteiger partial charge in [0.25, 0.3) is 0 Å². The lowest BCUT2D eigenvalue weighted by Crippen LogP contribution is -2.45. The van der Waals surface area contributed by atoms with Crippen molar-refractivity contribution >= 4 is 49.8 Å². The van der Waals surface area contributed by atoms with Crippen LogP contribution < -0.4 is 19.1 Å². The highest BCUT2D eigenvalue weighted by Crippen LogP contribution is 2.33. The number of sulfonamides is 1. The molecule has 0 saturated heterocycles. The molecule has 1 unspecified atom stereocenters. The first-order valence-electron chi connectivity index (χ1n) is 8.69. The first-order valence-corrected chi connectivity index (χ1v) is 12.3. The van der Waals surface area contributed by atoms with Gasteiger partial charge in [-0.1, -0.05) is 30.0 Å². The van der Waals surface area contributed by atoms with Crippen LogP contribution in [-0.4, -0.2) is 56.8 Å². The lowest BCUT2D eigenvalue weighted by molar-refractivity contribution is -0.116. The number of nitrogens with zero attached hydrogens (tertiary/aromatic N) is 3. The molecular weight excluding hydrogens is 436 g/mol. The highest BCUT2D eigenvalue weighted by Gasteiger charge is 2.30. The minimum atomic E-state index is -3.77. The van der Waals surface area contributed by atoms with E-state index in [4.69, 9.17) is 9.47 Å².